The second-order valence-electron chi connectivity index (χ2n) is 6.78. The molecule has 1 aromatic rings. The van der Waals surface area contributed by atoms with Crippen LogP contribution in [0.15, 0.2) is 18.2 Å². The number of piperidine rings is 1. The molecule has 3 heterocycles. The minimum absolute atomic E-state index is 0.115. The number of nitrogens with two attached hydrogens (primary N) is 1. The average Bonchev–Trinajstić information content (AvgIpc) is 2.78. The third-order valence-corrected chi connectivity index (χ3v) is 4.90. The Balaban J connectivity index is 1.57. The second kappa shape index (κ2) is 5.75. The Morgan fingerprint density at radius 2 is 1.80 bits per heavy atom. The molecule has 3 aliphatic heterocycles. The molecule has 0 aromatic heterocycles. The number of carbonyl (C=O) groups excluding carboxylic acids is 4. The van der Waals surface area contributed by atoms with Crippen LogP contribution in [-0.2, 0) is 16.1 Å². The lowest BCUT2D eigenvalue weighted by molar-refractivity contribution is -0.136. The number of hydrogen-bond acceptors (Lipinski definition) is 6. The second-order valence-corrected chi connectivity index (χ2v) is 6.78. The number of amides is 4. The van der Waals surface area contributed by atoms with E-state index in [-0.39, 0.29) is 24.8 Å². The molecular weight excluding hydrogens is 324 g/mol. The molecule has 2 saturated heterocycles. The maximum Gasteiger partial charge on any atom is 0.262 e. The third-order valence-electron chi connectivity index (χ3n) is 4.90. The van der Waals surface area contributed by atoms with Gasteiger partial charge in [-0.15, -0.1) is 0 Å². The number of nitrogens with zero attached hydrogens (tertiary/aromatic N) is 2. The van der Waals surface area contributed by atoms with Crippen LogP contribution < -0.4 is 11.1 Å². The molecule has 8 heteroatoms. The Morgan fingerprint density at radius 1 is 1.08 bits per heavy atom. The Labute approximate surface area is 143 Å². The molecule has 8 nitrogen and oxygen atoms in total. The molecule has 1 atom stereocenters. The van der Waals surface area contributed by atoms with E-state index in [4.69, 9.17) is 5.73 Å². The van der Waals surface area contributed by atoms with E-state index in [1.165, 1.54) is 0 Å². The summed E-state index contributed by atoms with van der Waals surface area (Å²) < 4.78 is 0. The first-order valence-electron chi connectivity index (χ1n) is 8.26. The van der Waals surface area contributed by atoms with E-state index in [1.807, 2.05) is 6.07 Å². The Kier molecular flexibility index (Phi) is 3.66. The van der Waals surface area contributed by atoms with Crippen molar-refractivity contribution in [2.24, 2.45) is 5.73 Å². The van der Waals surface area contributed by atoms with Gasteiger partial charge < -0.3 is 5.73 Å². The number of rotatable bonds is 3. The summed E-state index contributed by atoms with van der Waals surface area (Å²) in [5.41, 5.74) is 7.32. The summed E-state index contributed by atoms with van der Waals surface area (Å²) in [6.45, 7) is 2.29. The van der Waals surface area contributed by atoms with Gasteiger partial charge in [0.15, 0.2) is 0 Å². The molecule has 4 amide bonds. The van der Waals surface area contributed by atoms with Crippen LogP contribution in [0.1, 0.15) is 39.1 Å². The molecule has 0 spiro atoms. The fourth-order valence-corrected chi connectivity index (χ4v) is 3.61. The van der Waals surface area contributed by atoms with Gasteiger partial charge in [-0.2, -0.15) is 0 Å². The number of benzene rings is 1. The number of carbonyl (C=O) groups is 4. The summed E-state index contributed by atoms with van der Waals surface area (Å²) in [6.07, 6.45) is 0.277. The van der Waals surface area contributed by atoms with Crippen molar-refractivity contribution in [3.05, 3.63) is 34.9 Å². The van der Waals surface area contributed by atoms with Crippen LogP contribution in [0.3, 0.4) is 0 Å². The largest absolute Gasteiger partial charge is 0.325 e. The van der Waals surface area contributed by atoms with Gasteiger partial charge in [-0.25, -0.2) is 0 Å². The molecular formula is C17H18N4O4. The zero-order valence-corrected chi connectivity index (χ0v) is 13.5. The minimum atomic E-state index is -0.929. The van der Waals surface area contributed by atoms with Crippen molar-refractivity contribution >= 4 is 23.6 Å². The summed E-state index contributed by atoms with van der Waals surface area (Å²) in [6, 6.07) is 4.44. The van der Waals surface area contributed by atoms with Crippen LogP contribution in [0.2, 0.25) is 0 Å². The molecule has 1 unspecified atom stereocenters. The smallest absolute Gasteiger partial charge is 0.262 e. The van der Waals surface area contributed by atoms with E-state index in [1.54, 1.807) is 12.1 Å². The molecule has 3 aliphatic rings. The lowest BCUT2D eigenvalue weighted by Crippen LogP contribution is -2.54. The highest BCUT2D eigenvalue weighted by molar-refractivity contribution is 6.23. The van der Waals surface area contributed by atoms with Crippen LogP contribution >= 0.6 is 0 Å². The molecule has 0 aliphatic carbocycles. The van der Waals surface area contributed by atoms with Crippen molar-refractivity contribution in [2.75, 3.05) is 13.1 Å². The maximum atomic E-state index is 12.7. The maximum absolute atomic E-state index is 12.7. The summed E-state index contributed by atoms with van der Waals surface area (Å²) in [7, 11) is 0. The van der Waals surface area contributed by atoms with Crippen LogP contribution in [-0.4, -0.2) is 58.6 Å². The first-order chi connectivity index (χ1) is 11.9. The van der Waals surface area contributed by atoms with Gasteiger partial charge in [-0.05, 0) is 24.1 Å². The van der Waals surface area contributed by atoms with Gasteiger partial charge >= 0.3 is 0 Å². The molecule has 0 saturated carbocycles. The standard InChI is InChI=1S/C17H18N4O4/c18-10-7-20(8-10)6-9-1-2-11-12(5-9)17(25)21(16(11)24)13-3-4-14(22)19-15(13)23/h1-2,5,10,13H,3-4,6-8,18H2,(H,19,22,23). The van der Waals surface area contributed by atoms with Gasteiger partial charge in [0.25, 0.3) is 11.8 Å². The summed E-state index contributed by atoms with van der Waals surface area (Å²) in [5, 5.41) is 2.19. The van der Waals surface area contributed by atoms with E-state index >= 15 is 0 Å². The summed E-state index contributed by atoms with van der Waals surface area (Å²) in [4.78, 5) is 51.8. The van der Waals surface area contributed by atoms with Crippen LogP contribution in [0.25, 0.3) is 0 Å². The number of imide groups is 2. The highest BCUT2D eigenvalue weighted by Crippen LogP contribution is 2.28. The van der Waals surface area contributed by atoms with Gasteiger partial charge in [0.2, 0.25) is 11.8 Å². The predicted octanol–water partition coefficient (Wildman–Crippen LogP) is -0.769. The molecule has 4 rings (SSSR count). The van der Waals surface area contributed by atoms with Gasteiger partial charge in [0, 0.05) is 32.1 Å². The lowest BCUT2D eigenvalue weighted by Gasteiger charge is -2.36. The fourth-order valence-electron chi connectivity index (χ4n) is 3.61. The zero-order valence-electron chi connectivity index (χ0n) is 13.5. The first kappa shape index (κ1) is 15.9. The number of nitrogens with one attached hydrogen (secondary N) is 1. The van der Waals surface area contributed by atoms with Crippen LogP contribution in [0.5, 0.6) is 0 Å². The SMILES string of the molecule is NC1CN(Cc2ccc3c(c2)C(=O)N(C2CCC(=O)NC2=O)C3=O)C1. The van der Waals surface area contributed by atoms with Crippen LogP contribution in [0, 0.1) is 0 Å². The van der Waals surface area contributed by atoms with Gasteiger partial charge in [0.05, 0.1) is 11.1 Å². The molecule has 0 bridgehead atoms. The van der Waals surface area contributed by atoms with E-state index in [0.29, 0.717) is 17.7 Å². The van der Waals surface area contributed by atoms with Crippen molar-refractivity contribution in [3.8, 4) is 0 Å². The quantitative estimate of drug-likeness (QED) is 0.698. The third kappa shape index (κ3) is 2.63. The highest BCUT2D eigenvalue weighted by atomic mass is 16.2. The zero-order chi connectivity index (χ0) is 17.7. The van der Waals surface area contributed by atoms with E-state index < -0.39 is 23.8 Å². The Bertz CT molecular complexity index is 800. The van der Waals surface area contributed by atoms with E-state index in [9.17, 15) is 19.2 Å². The Hall–Kier alpha value is -2.58. The normalized spacial score (nSPS) is 24.4. The minimum Gasteiger partial charge on any atom is -0.325 e. The summed E-state index contributed by atoms with van der Waals surface area (Å²) >= 11 is 0. The van der Waals surface area contributed by atoms with Gasteiger partial charge in [-0.1, -0.05) is 6.07 Å². The molecule has 1 aromatic carbocycles. The molecule has 25 heavy (non-hydrogen) atoms. The van der Waals surface area contributed by atoms with Crippen molar-refractivity contribution in [1.82, 2.24) is 15.1 Å². The highest BCUT2D eigenvalue weighted by Gasteiger charge is 2.44. The van der Waals surface area contributed by atoms with Crippen molar-refractivity contribution in [2.45, 2.75) is 31.5 Å². The van der Waals surface area contributed by atoms with Crippen molar-refractivity contribution in [1.29, 1.82) is 0 Å². The fraction of sp³-hybridized carbons (Fsp3) is 0.412. The summed E-state index contributed by atoms with van der Waals surface area (Å²) in [5.74, 6) is -1.93. The monoisotopic (exact) mass is 342 g/mol. The number of fused-ring (bicyclic) bond motifs is 1. The Morgan fingerprint density at radius 3 is 2.48 bits per heavy atom. The van der Waals surface area contributed by atoms with Gasteiger partial charge in [-0.3, -0.25) is 34.3 Å². The van der Waals surface area contributed by atoms with E-state index in [0.717, 1.165) is 23.6 Å². The molecule has 0 radical (unpaired) electrons. The first-order valence-corrected chi connectivity index (χ1v) is 8.26. The molecule has 2 fully saturated rings. The number of hydrogen-bond donors (Lipinski definition) is 2. The number of likely N-dealkylation sites (tertiary alicyclic amines) is 1. The average molecular weight is 342 g/mol. The lowest BCUT2D eigenvalue weighted by atomic mass is 10.0. The van der Waals surface area contributed by atoms with E-state index in [2.05, 4.69) is 10.2 Å². The molecule has 130 valence electrons. The van der Waals surface area contributed by atoms with Crippen LogP contribution in [0.4, 0.5) is 0 Å². The predicted molar refractivity (Wildman–Crippen MR) is 86.4 cm³/mol. The topological polar surface area (TPSA) is 113 Å². The van der Waals surface area contributed by atoms with Crippen molar-refractivity contribution in [3.63, 3.8) is 0 Å². The van der Waals surface area contributed by atoms with Gasteiger partial charge in [0.1, 0.15) is 6.04 Å². The molecule has 3 N–H and O–H groups in total. The van der Waals surface area contributed by atoms with Crippen molar-refractivity contribution < 1.29 is 19.2 Å².